The first-order chi connectivity index (χ1) is 9.10. The molecule has 1 saturated heterocycles. The van der Waals surface area contributed by atoms with Gasteiger partial charge < -0.3 is 9.80 Å². The molecule has 0 spiro atoms. The van der Waals surface area contributed by atoms with E-state index in [4.69, 9.17) is 0 Å². The highest BCUT2D eigenvalue weighted by Gasteiger charge is 2.30. The van der Waals surface area contributed by atoms with Gasteiger partial charge in [0.25, 0.3) is 5.91 Å². The molecule has 6 heteroatoms. The summed E-state index contributed by atoms with van der Waals surface area (Å²) in [7, 11) is 0. The van der Waals surface area contributed by atoms with Gasteiger partial charge in [-0.3, -0.25) is 10.1 Å². The van der Waals surface area contributed by atoms with E-state index in [0.29, 0.717) is 5.13 Å². The third kappa shape index (κ3) is 3.75. The maximum absolute atomic E-state index is 12.2. The van der Waals surface area contributed by atoms with Gasteiger partial charge in [-0.05, 0) is 20.8 Å². The maximum atomic E-state index is 12.2. The molecule has 1 atom stereocenters. The normalized spacial score (nSPS) is 25.0. The summed E-state index contributed by atoms with van der Waals surface area (Å²) in [5.41, 5.74) is 0. The number of piperazine rings is 1. The summed E-state index contributed by atoms with van der Waals surface area (Å²) in [6.07, 6.45) is 1.79. The fraction of sp³-hybridized carbons (Fsp3) is 0.692. The molecule has 0 unspecified atom stereocenters. The lowest BCUT2D eigenvalue weighted by Crippen LogP contribution is -3.29. The molecule has 1 aromatic heterocycles. The molecule has 1 aliphatic heterocycles. The molecule has 5 nitrogen and oxygen atoms in total. The molecule has 19 heavy (non-hydrogen) atoms. The van der Waals surface area contributed by atoms with Crippen LogP contribution in [0.4, 0.5) is 5.13 Å². The lowest BCUT2D eigenvalue weighted by molar-refractivity contribution is -1.02. The molecule has 106 valence electrons. The summed E-state index contributed by atoms with van der Waals surface area (Å²) < 4.78 is 0. The monoisotopic (exact) mass is 284 g/mol. The van der Waals surface area contributed by atoms with Crippen molar-refractivity contribution >= 4 is 22.4 Å². The fourth-order valence-corrected chi connectivity index (χ4v) is 3.19. The molecule has 0 aromatic carbocycles. The minimum absolute atomic E-state index is 0.00242. The number of carbonyl (C=O) groups is 1. The average Bonchev–Trinajstić information content (AvgIpc) is 2.83. The molecule has 0 radical (unpaired) electrons. The Morgan fingerprint density at radius 3 is 2.68 bits per heavy atom. The average molecular weight is 284 g/mol. The summed E-state index contributed by atoms with van der Waals surface area (Å²) in [6.45, 7) is 11.9. The Labute approximate surface area is 118 Å². The van der Waals surface area contributed by atoms with Gasteiger partial charge in [-0.2, -0.15) is 0 Å². The number of hydrogen-bond donors (Lipinski definition) is 3. The minimum Gasteiger partial charge on any atom is -0.326 e. The lowest BCUT2D eigenvalue weighted by Gasteiger charge is -2.31. The number of carbonyl (C=O) groups excluding carboxylic acids is 1. The van der Waals surface area contributed by atoms with Crippen molar-refractivity contribution in [2.24, 2.45) is 0 Å². The molecule has 3 N–H and O–H groups in total. The van der Waals surface area contributed by atoms with Crippen LogP contribution in [-0.4, -0.2) is 49.7 Å². The number of nitrogens with zero attached hydrogens (tertiary/aromatic N) is 1. The molecular formula is C13H24N4OS+2. The summed E-state index contributed by atoms with van der Waals surface area (Å²) in [4.78, 5) is 20.5. The number of rotatable bonds is 4. The number of nitrogens with one attached hydrogen (secondary N) is 3. The molecule has 1 aromatic rings. The highest BCUT2D eigenvalue weighted by molar-refractivity contribution is 7.15. The van der Waals surface area contributed by atoms with Crippen molar-refractivity contribution < 1.29 is 14.6 Å². The van der Waals surface area contributed by atoms with Crippen LogP contribution in [0.15, 0.2) is 6.20 Å². The van der Waals surface area contributed by atoms with Crippen LogP contribution in [0, 0.1) is 6.92 Å². The summed E-state index contributed by atoms with van der Waals surface area (Å²) >= 11 is 1.53. The molecule has 0 saturated carbocycles. The first-order valence-corrected chi connectivity index (χ1v) is 7.83. The molecular weight excluding hydrogens is 260 g/mol. The highest BCUT2D eigenvalue weighted by atomic mass is 32.1. The van der Waals surface area contributed by atoms with E-state index in [0.717, 1.165) is 18.0 Å². The Hall–Kier alpha value is -0.980. The zero-order chi connectivity index (χ0) is 13.8. The number of anilines is 1. The Balaban J connectivity index is 1.85. The van der Waals surface area contributed by atoms with E-state index in [1.807, 2.05) is 13.8 Å². The van der Waals surface area contributed by atoms with Crippen LogP contribution in [0.3, 0.4) is 0 Å². The zero-order valence-corrected chi connectivity index (χ0v) is 12.8. The maximum Gasteiger partial charge on any atom is 0.284 e. The topological polar surface area (TPSA) is 50.9 Å². The van der Waals surface area contributed by atoms with Crippen molar-refractivity contribution in [1.82, 2.24) is 4.98 Å². The van der Waals surface area contributed by atoms with Gasteiger partial charge in [-0.15, -0.1) is 11.3 Å². The van der Waals surface area contributed by atoms with Crippen LogP contribution < -0.4 is 15.1 Å². The number of aromatic nitrogens is 1. The van der Waals surface area contributed by atoms with Crippen LogP contribution in [-0.2, 0) is 4.79 Å². The lowest BCUT2D eigenvalue weighted by atomic mass is 10.2. The third-order valence-corrected chi connectivity index (χ3v) is 4.78. The van der Waals surface area contributed by atoms with Crippen molar-refractivity contribution in [2.75, 3.05) is 38.0 Å². The van der Waals surface area contributed by atoms with Gasteiger partial charge in [0.1, 0.15) is 26.2 Å². The number of amides is 1. The fourth-order valence-electron chi connectivity index (χ4n) is 2.52. The number of hydrogen-bond acceptors (Lipinski definition) is 3. The predicted octanol–water partition coefficient (Wildman–Crippen LogP) is -1.42. The predicted molar refractivity (Wildman–Crippen MR) is 76.9 cm³/mol. The van der Waals surface area contributed by atoms with Crippen molar-refractivity contribution in [3.63, 3.8) is 0 Å². The molecule has 2 heterocycles. The van der Waals surface area contributed by atoms with Crippen molar-refractivity contribution in [2.45, 2.75) is 26.8 Å². The van der Waals surface area contributed by atoms with Gasteiger partial charge in [0.2, 0.25) is 0 Å². The molecule has 0 bridgehead atoms. The molecule has 1 amide bonds. The van der Waals surface area contributed by atoms with E-state index >= 15 is 0 Å². The van der Waals surface area contributed by atoms with E-state index in [-0.39, 0.29) is 11.9 Å². The van der Waals surface area contributed by atoms with Gasteiger partial charge in [-0.1, -0.05) is 0 Å². The number of aryl methyl sites for hydroxylation is 1. The van der Waals surface area contributed by atoms with E-state index in [9.17, 15) is 4.79 Å². The van der Waals surface area contributed by atoms with Gasteiger partial charge in [0.05, 0.1) is 6.54 Å². The summed E-state index contributed by atoms with van der Waals surface area (Å²) in [5.74, 6) is 0.0873. The molecule has 1 fully saturated rings. The van der Waals surface area contributed by atoms with Crippen LogP contribution in [0.25, 0.3) is 0 Å². The molecule has 2 rings (SSSR count). The third-order valence-electron chi connectivity index (χ3n) is 3.96. The van der Waals surface area contributed by atoms with Crippen molar-refractivity contribution in [3.8, 4) is 0 Å². The minimum atomic E-state index is 0.00242. The second-order valence-electron chi connectivity index (χ2n) is 5.25. The van der Waals surface area contributed by atoms with Crippen LogP contribution in [0.5, 0.6) is 0 Å². The second kappa shape index (κ2) is 6.45. The quantitative estimate of drug-likeness (QED) is 0.636. The van der Waals surface area contributed by atoms with Crippen LogP contribution in [0.1, 0.15) is 18.7 Å². The van der Waals surface area contributed by atoms with E-state index < -0.39 is 0 Å². The van der Waals surface area contributed by atoms with Crippen LogP contribution in [0.2, 0.25) is 0 Å². The first-order valence-electron chi connectivity index (χ1n) is 7.01. The molecule has 1 aliphatic rings. The first kappa shape index (κ1) is 14.4. The standard InChI is InChI=1S/C13H22N4OS/c1-4-16-5-7-17(8-6-16)11(3)12(18)15-13-14-9-10(2)19-13/h9,11H,4-8H2,1-3H3,(H,14,15,18)/p+2/t11-/m0/s1. The number of quaternary nitrogens is 2. The van der Waals surface area contributed by atoms with Crippen LogP contribution >= 0.6 is 11.3 Å². The Bertz CT molecular complexity index is 426. The summed E-state index contributed by atoms with van der Waals surface area (Å²) in [6, 6.07) is 0.00242. The Kier molecular flexibility index (Phi) is 4.90. The zero-order valence-electron chi connectivity index (χ0n) is 12.0. The largest absolute Gasteiger partial charge is 0.326 e. The van der Waals surface area contributed by atoms with E-state index in [1.165, 1.54) is 35.9 Å². The SMILES string of the molecule is CC[NH+]1CC[NH+]([C@@H](C)C(=O)Nc2ncc(C)s2)CC1. The Morgan fingerprint density at radius 2 is 2.16 bits per heavy atom. The molecule has 0 aliphatic carbocycles. The van der Waals surface area contributed by atoms with E-state index in [1.54, 1.807) is 11.1 Å². The smallest absolute Gasteiger partial charge is 0.284 e. The van der Waals surface area contributed by atoms with Crippen molar-refractivity contribution in [1.29, 1.82) is 0 Å². The number of likely N-dealkylation sites (N-methyl/N-ethyl adjacent to an activating group) is 1. The van der Waals surface area contributed by atoms with Gasteiger partial charge >= 0.3 is 0 Å². The van der Waals surface area contributed by atoms with Gasteiger partial charge in [0, 0.05) is 11.1 Å². The van der Waals surface area contributed by atoms with Crippen molar-refractivity contribution in [3.05, 3.63) is 11.1 Å². The summed E-state index contributed by atoms with van der Waals surface area (Å²) in [5, 5.41) is 3.64. The number of thiazole rings is 1. The second-order valence-corrected chi connectivity index (χ2v) is 6.48. The van der Waals surface area contributed by atoms with E-state index in [2.05, 4.69) is 17.2 Å². The Morgan fingerprint density at radius 1 is 1.47 bits per heavy atom. The van der Waals surface area contributed by atoms with Gasteiger partial charge in [0.15, 0.2) is 11.2 Å². The van der Waals surface area contributed by atoms with Gasteiger partial charge in [-0.25, -0.2) is 4.98 Å². The highest BCUT2D eigenvalue weighted by Crippen LogP contribution is 2.16.